The molecule has 0 atom stereocenters. The van der Waals surface area contributed by atoms with E-state index in [1.165, 1.54) is 0 Å². The smallest absolute Gasteiger partial charge is 1.00 e. The van der Waals surface area contributed by atoms with Gasteiger partial charge in [-0.3, -0.25) is 4.79 Å². The van der Waals surface area contributed by atoms with Gasteiger partial charge in [-0.25, -0.2) is 0 Å². The Balaban J connectivity index is -0.0000000131. The Kier molecular flexibility index (Phi) is 80.8. The SMILES string of the molecule is ClCCl.O=CO[O-].[H-].[Na+].[Na+]. The van der Waals surface area contributed by atoms with Crippen LogP contribution in [0.3, 0.4) is 0 Å². The molecule has 0 rings (SSSR count). The zero-order chi connectivity index (χ0) is 6.12. The van der Waals surface area contributed by atoms with Crippen molar-refractivity contribution in [1.82, 2.24) is 0 Å². The first-order valence-electron chi connectivity index (χ1n) is 1.17. The average molecular weight is 193 g/mol. The van der Waals surface area contributed by atoms with Crippen LogP contribution in [-0.2, 0) is 9.68 Å². The van der Waals surface area contributed by atoms with E-state index in [0.717, 1.165) is 0 Å². The summed E-state index contributed by atoms with van der Waals surface area (Å²) >= 11 is 9.53. The molecule has 0 aromatic rings. The first kappa shape index (κ1) is 22.5. The molecule has 9 heavy (non-hydrogen) atoms. The molecule has 0 saturated carbocycles. The second-order valence-corrected chi connectivity index (χ2v) is 1.10. The van der Waals surface area contributed by atoms with Gasteiger partial charge in [-0.15, -0.1) is 23.2 Å². The molecule has 0 N–H and O–H groups in total. The average Bonchev–Trinajstić information content (AvgIpc) is 1.69. The van der Waals surface area contributed by atoms with Gasteiger partial charge in [0.05, 0.1) is 5.34 Å². The molecule has 46 valence electrons. The zero-order valence-corrected chi connectivity index (χ0v) is 10.8. The van der Waals surface area contributed by atoms with Gasteiger partial charge in [-0.05, 0) is 0 Å². The van der Waals surface area contributed by atoms with Crippen LogP contribution in [0.5, 0.6) is 0 Å². The van der Waals surface area contributed by atoms with Crippen molar-refractivity contribution in [1.29, 1.82) is 0 Å². The number of alkyl halides is 2. The Morgan fingerprint density at radius 2 is 1.67 bits per heavy atom. The molecule has 0 heterocycles. The van der Waals surface area contributed by atoms with Crippen LogP contribution in [0.25, 0.3) is 0 Å². The van der Waals surface area contributed by atoms with Crippen molar-refractivity contribution in [2.75, 3.05) is 5.34 Å². The van der Waals surface area contributed by atoms with Crippen molar-refractivity contribution in [2.45, 2.75) is 0 Å². The van der Waals surface area contributed by atoms with Gasteiger partial charge in [0.25, 0.3) is 6.47 Å². The minimum absolute atomic E-state index is 0. The number of carbonyl (C=O) groups is 1. The Labute approximate surface area is 109 Å². The summed E-state index contributed by atoms with van der Waals surface area (Å²) < 4.78 is 0. The summed E-state index contributed by atoms with van der Waals surface area (Å²) in [6.07, 6.45) is 0. The molecule has 0 amide bonds. The van der Waals surface area contributed by atoms with E-state index in [1.54, 1.807) is 0 Å². The van der Waals surface area contributed by atoms with Crippen molar-refractivity contribution < 1.29 is 75.5 Å². The molecule has 0 aromatic heterocycles. The van der Waals surface area contributed by atoms with Gasteiger partial charge < -0.3 is 11.6 Å². The fourth-order valence-electron chi connectivity index (χ4n) is 0. The second-order valence-electron chi connectivity index (χ2n) is 0.293. The fourth-order valence-corrected chi connectivity index (χ4v) is 0. The number of carbonyl (C=O) groups excluding carboxylic acids is 1. The molecule has 0 fully saturated rings. The van der Waals surface area contributed by atoms with Crippen LogP contribution in [0.1, 0.15) is 1.43 Å². The third-order valence-electron chi connectivity index (χ3n) is 0.0393. The summed E-state index contributed by atoms with van der Waals surface area (Å²) in [6.45, 7) is -0.181. The van der Waals surface area contributed by atoms with Crippen LogP contribution in [0.4, 0.5) is 0 Å². The summed E-state index contributed by atoms with van der Waals surface area (Å²) in [4.78, 5) is 11.2. The Morgan fingerprint density at radius 1 is 1.56 bits per heavy atom. The summed E-state index contributed by atoms with van der Waals surface area (Å²) in [5, 5.41) is 8.62. The van der Waals surface area contributed by atoms with E-state index in [4.69, 9.17) is 33.3 Å². The van der Waals surface area contributed by atoms with Crippen LogP contribution in [0.15, 0.2) is 0 Å². The monoisotopic (exact) mass is 192 g/mol. The summed E-state index contributed by atoms with van der Waals surface area (Å²) in [5.41, 5.74) is 0. The maximum absolute atomic E-state index is 8.64. The summed E-state index contributed by atoms with van der Waals surface area (Å²) in [6, 6.07) is 0. The Morgan fingerprint density at radius 3 is 1.67 bits per heavy atom. The molecule has 0 unspecified atom stereocenters. The first-order chi connectivity index (χ1) is 3.33. The van der Waals surface area contributed by atoms with E-state index in [0.29, 0.717) is 0 Å². The van der Waals surface area contributed by atoms with Gasteiger partial charge in [-0.2, -0.15) is 0 Å². The molecular weight excluding hydrogens is 189 g/mol. The Bertz CT molecular complexity index is 43.7. The molecule has 0 aliphatic carbocycles. The van der Waals surface area contributed by atoms with E-state index < -0.39 is 0 Å². The number of rotatable bonds is 1. The van der Waals surface area contributed by atoms with E-state index in [1.807, 2.05) is 0 Å². The van der Waals surface area contributed by atoms with Gasteiger partial charge in [-0.1, -0.05) is 0 Å². The largest absolute Gasteiger partial charge is 1.00 e. The molecule has 0 radical (unpaired) electrons. The summed E-state index contributed by atoms with van der Waals surface area (Å²) in [7, 11) is 0. The predicted octanol–water partition coefficient (Wildman–Crippen LogP) is -6.02. The van der Waals surface area contributed by atoms with E-state index in [9.17, 15) is 0 Å². The van der Waals surface area contributed by atoms with Crippen molar-refractivity contribution >= 4 is 29.7 Å². The minimum atomic E-state index is -0.181. The van der Waals surface area contributed by atoms with Crippen molar-refractivity contribution in [3.05, 3.63) is 0 Å². The third kappa shape index (κ3) is 70.9. The maximum Gasteiger partial charge on any atom is 1.00 e. The molecule has 7 heteroatoms. The minimum Gasteiger partial charge on any atom is -1.00 e. The fraction of sp³-hybridized carbons (Fsp3) is 0.500. The molecule has 0 saturated heterocycles. The van der Waals surface area contributed by atoms with Gasteiger partial charge in [0.15, 0.2) is 0 Å². The summed E-state index contributed by atoms with van der Waals surface area (Å²) in [5.74, 6) is 0. The van der Waals surface area contributed by atoms with Crippen molar-refractivity contribution in [3.63, 3.8) is 0 Å². The molecule has 3 nitrogen and oxygen atoms in total. The van der Waals surface area contributed by atoms with Gasteiger partial charge in [0.1, 0.15) is 0 Å². The topological polar surface area (TPSA) is 49.4 Å². The van der Waals surface area contributed by atoms with Gasteiger partial charge in [0, 0.05) is 0 Å². The van der Waals surface area contributed by atoms with Crippen LogP contribution < -0.4 is 64.4 Å². The van der Waals surface area contributed by atoms with Crippen molar-refractivity contribution in [2.24, 2.45) is 0 Å². The zero-order valence-electron chi connectivity index (χ0n) is 6.27. The molecule has 0 aliphatic rings. The predicted molar refractivity (Wildman–Crippen MR) is 24.8 cm³/mol. The number of hydrogen-bond acceptors (Lipinski definition) is 3. The number of halogens is 2. The second kappa shape index (κ2) is 32.4. The quantitative estimate of drug-likeness (QED) is 0.137. The van der Waals surface area contributed by atoms with Crippen LogP contribution >= 0.6 is 23.2 Å². The number of hydrogen-bond donors (Lipinski definition) is 0. The maximum atomic E-state index is 8.64. The standard InChI is InChI=1S/CH2Cl2.CH2O3.2Na.H/c2-1-3;2-1-4-3;;;/h1H2;1,3H;;;/q;;2*+1;-1/p-1. The van der Waals surface area contributed by atoms with Crippen LogP contribution in [0.2, 0.25) is 0 Å². The van der Waals surface area contributed by atoms with Crippen molar-refractivity contribution in [3.8, 4) is 0 Å². The van der Waals surface area contributed by atoms with Gasteiger partial charge in [0.2, 0.25) is 0 Å². The van der Waals surface area contributed by atoms with E-state index in [2.05, 4.69) is 4.89 Å². The molecule has 0 spiro atoms. The third-order valence-corrected chi connectivity index (χ3v) is 0.0393. The molecular formula is C2H4Cl2Na2O3. The van der Waals surface area contributed by atoms with Gasteiger partial charge >= 0.3 is 59.1 Å². The van der Waals surface area contributed by atoms with Crippen LogP contribution in [-0.4, -0.2) is 11.8 Å². The molecule has 0 bridgehead atoms. The first-order valence-corrected chi connectivity index (χ1v) is 2.24. The molecule has 0 aromatic carbocycles. The van der Waals surface area contributed by atoms with E-state index in [-0.39, 0.29) is 72.4 Å². The van der Waals surface area contributed by atoms with E-state index >= 15 is 0 Å². The Hall–Kier alpha value is 2.01. The molecule has 0 aliphatic heterocycles. The normalized spacial score (nSPS) is 4.33. The van der Waals surface area contributed by atoms with Crippen LogP contribution in [0, 0.1) is 0 Å².